The number of phenols is 1. The van der Waals surface area contributed by atoms with Crippen LogP contribution in [0.3, 0.4) is 0 Å². The van der Waals surface area contributed by atoms with E-state index in [1.807, 2.05) is 19.1 Å². The number of carbonyl (C=O) groups excluding carboxylic acids is 3. The molecule has 17 heteroatoms. The summed E-state index contributed by atoms with van der Waals surface area (Å²) < 4.78 is 42.7. The zero-order valence-corrected chi connectivity index (χ0v) is 38.6. The number of fused-ring (bicyclic) bond motifs is 3. The monoisotopic (exact) mass is 940 g/mol. The van der Waals surface area contributed by atoms with Gasteiger partial charge in [0.25, 0.3) is 5.76 Å². The molecule has 16 atom stereocenters. The molecule has 0 amide bonds. The van der Waals surface area contributed by atoms with E-state index in [-0.39, 0.29) is 58.9 Å². The molecule has 7 aliphatic rings. The first-order chi connectivity index (χ1) is 31.3. The van der Waals surface area contributed by atoms with Crippen LogP contribution in [0, 0.1) is 41.9 Å². The number of benzene rings is 1. The van der Waals surface area contributed by atoms with Gasteiger partial charge < -0.3 is 58.7 Å². The van der Waals surface area contributed by atoms with Crippen LogP contribution < -0.4 is 0 Å². The number of esters is 3. The lowest BCUT2D eigenvalue weighted by Crippen LogP contribution is -2.56. The number of hydrogen-bond acceptors (Lipinski definition) is 15. The van der Waals surface area contributed by atoms with E-state index in [1.165, 1.54) is 18.2 Å². The van der Waals surface area contributed by atoms with Crippen LogP contribution in [0.25, 0.3) is 0 Å². The number of aromatic hydroxyl groups is 1. The molecule has 2 saturated heterocycles. The first kappa shape index (κ1) is 48.2. The Labute approximate surface area is 388 Å². The summed E-state index contributed by atoms with van der Waals surface area (Å²) in [5.41, 5.74) is -2.39. The Kier molecular flexibility index (Phi) is 13.9. The van der Waals surface area contributed by atoms with E-state index in [1.54, 1.807) is 33.8 Å². The molecule has 1 saturated carbocycles. The minimum absolute atomic E-state index is 0.0103. The molecule has 2 bridgehead atoms. The smallest absolute Gasteiger partial charge is 0.379 e. The molecule has 0 radical (unpaired) electrons. The molecule has 4 heterocycles. The van der Waals surface area contributed by atoms with Crippen molar-refractivity contribution in [2.75, 3.05) is 0 Å². The second-order valence-corrected chi connectivity index (χ2v) is 19.8. The number of ether oxygens (including phenoxy) is 7. The van der Waals surface area contributed by atoms with Crippen molar-refractivity contribution in [3.05, 3.63) is 75.8 Å². The van der Waals surface area contributed by atoms with Crippen LogP contribution in [0.5, 0.6) is 5.75 Å². The maximum atomic E-state index is 14.7. The zero-order chi connectivity index (χ0) is 47.4. The lowest BCUT2D eigenvalue weighted by molar-refractivity contribution is -0.318. The second kappa shape index (κ2) is 19.0. The van der Waals surface area contributed by atoms with Gasteiger partial charge in [-0.3, -0.25) is 4.79 Å². The predicted octanol–water partition coefficient (Wildman–Crippen LogP) is 6.66. The predicted molar refractivity (Wildman–Crippen MR) is 233 cm³/mol. The van der Waals surface area contributed by atoms with Crippen molar-refractivity contribution >= 4 is 35.5 Å². The number of phenolic OH excluding ortho intramolecular Hbond substituents is 1. The normalized spacial score (nSPS) is 40.9. The highest BCUT2D eigenvalue weighted by molar-refractivity contribution is 6.32. The minimum atomic E-state index is -1.62. The Morgan fingerprint density at radius 1 is 0.879 bits per heavy atom. The summed E-state index contributed by atoms with van der Waals surface area (Å²) in [6.45, 7) is 8.49. The van der Waals surface area contributed by atoms with Crippen LogP contribution in [0.1, 0.15) is 108 Å². The molecular weight excluding hydrogens is 880 g/mol. The number of aliphatic carboxylic acids is 1. The maximum absolute atomic E-state index is 14.7. The highest BCUT2D eigenvalue weighted by Gasteiger charge is 2.60. The van der Waals surface area contributed by atoms with Gasteiger partial charge in [0.15, 0.2) is 30.0 Å². The Morgan fingerprint density at radius 3 is 2.27 bits per heavy atom. The van der Waals surface area contributed by atoms with Gasteiger partial charge in [-0.15, -0.1) is 0 Å². The quantitative estimate of drug-likeness (QED) is 0.109. The van der Waals surface area contributed by atoms with Gasteiger partial charge in [0, 0.05) is 41.7 Å². The Bertz CT molecular complexity index is 2180. The van der Waals surface area contributed by atoms with E-state index in [0.717, 1.165) is 12.8 Å². The standard InChI is InChI=1S/C49H61ClO16/c1-23-22-49-28(19-30(23)44(55)56)12-9-7-6-8-11-27-15-16-29-31(48(27,5)47(59)65-42(43(49)54)46(58)66-49)13-10-14-36(29)62-37-20-34(52)40(25(3)60-37)63-38-21-35(53)41(26(4)61-38)64-45(57)39-24(2)32(50)17-18-33(39)51/h9,12,15-19,23,25-29,31,34-38,40-41,51-54H,6-8,10-11,13-14,20-22H2,1-5H3,(H,55,56)/b12-9-/t23-,25-,26-,27-,28-,29+,31-,34-,35-,36+,37-,38-,40-,41-,48-,49?/m1/s1. The van der Waals surface area contributed by atoms with Crippen molar-refractivity contribution in [3.63, 3.8) is 0 Å². The lowest BCUT2D eigenvalue weighted by Gasteiger charge is -2.51. The SMILES string of the molecule is Cc1c(Cl)ccc(O)c1C(=O)O[C@H]1[C@H](O)C[C@@H](O[C@H]2[C@H](O)C[C@@H](O[C@H]3CCC[C@@H]4[C@@H]3C=C[C@H]3CCCC/C=C\[C@@H]5C=C(C(=O)O)[C@H](C)CC56OC(=O)C(=C6O)OC(=O)[C@@]43C)O[C@@H]2C)O[C@@H]1C. The van der Waals surface area contributed by atoms with Crippen molar-refractivity contribution in [3.8, 4) is 5.75 Å². The number of hydrogen-bond donors (Lipinski definition) is 5. The number of allylic oxidation sites excluding steroid dienone is 2. The number of aliphatic hydroxyl groups excluding tert-OH is 3. The summed E-state index contributed by atoms with van der Waals surface area (Å²) in [6, 6.07) is 2.75. The highest BCUT2D eigenvalue weighted by Crippen LogP contribution is 2.55. The van der Waals surface area contributed by atoms with E-state index < -0.39 is 114 Å². The van der Waals surface area contributed by atoms with Crippen molar-refractivity contribution in [1.82, 2.24) is 0 Å². The Morgan fingerprint density at radius 2 is 1.58 bits per heavy atom. The van der Waals surface area contributed by atoms with E-state index in [4.69, 9.17) is 44.8 Å². The lowest BCUT2D eigenvalue weighted by atomic mass is 9.55. The fraction of sp³-hybridized carbons (Fsp3) is 0.633. The summed E-state index contributed by atoms with van der Waals surface area (Å²) in [4.78, 5) is 53.5. The molecule has 8 rings (SSSR count). The van der Waals surface area contributed by atoms with Gasteiger partial charge in [-0.05, 0) is 95.2 Å². The molecule has 3 aliphatic carbocycles. The van der Waals surface area contributed by atoms with Gasteiger partial charge in [0.1, 0.15) is 17.4 Å². The molecule has 3 fully saturated rings. The molecule has 4 aliphatic heterocycles. The van der Waals surface area contributed by atoms with Gasteiger partial charge in [0.2, 0.25) is 0 Å². The molecule has 1 aromatic rings. The van der Waals surface area contributed by atoms with Gasteiger partial charge in [0.05, 0.1) is 35.9 Å². The van der Waals surface area contributed by atoms with Crippen LogP contribution >= 0.6 is 11.6 Å². The number of rotatable bonds is 7. The Hall–Kier alpha value is -4.29. The number of carboxylic acid groups (broad SMARTS) is 1. The van der Waals surface area contributed by atoms with E-state index in [0.29, 0.717) is 37.7 Å². The fourth-order valence-electron chi connectivity index (χ4n) is 11.6. The molecule has 1 unspecified atom stereocenters. The van der Waals surface area contributed by atoms with E-state index in [9.17, 15) is 44.7 Å². The van der Waals surface area contributed by atoms with E-state index in [2.05, 4.69) is 6.08 Å². The Balaban J connectivity index is 0.934. The third-order valence-electron chi connectivity index (χ3n) is 15.2. The molecule has 1 aromatic carbocycles. The van der Waals surface area contributed by atoms with E-state index >= 15 is 0 Å². The molecule has 66 heavy (non-hydrogen) atoms. The molecule has 5 N–H and O–H groups in total. The van der Waals surface area contributed by atoms with Crippen LogP contribution in [0.15, 0.2) is 59.6 Å². The van der Waals surface area contributed by atoms with Gasteiger partial charge in [-0.1, -0.05) is 61.7 Å². The molecule has 0 aromatic heterocycles. The summed E-state index contributed by atoms with van der Waals surface area (Å²) in [6.07, 6.45) is 6.30. The first-order valence-electron chi connectivity index (χ1n) is 23.2. The van der Waals surface area contributed by atoms with Crippen LogP contribution in [0.2, 0.25) is 5.02 Å². The summed E-state index contributed by atoms with van der Waals surface area (Å²) in [5, 5.41) is 54.8. The van der Waals surface area contributed by atoms with Crippen molar-refractivity contribution in [2.24, 2.45) is 35.0 Å². The van der Waals surface area contributed by atoms with Gasteiger partial charge in [-0.25, -0.2) is 14.4 Å². The molecule has 16 nitrogen and oxygen atoms in total. The highest BCUT2D eigenvalue weighted by atomic mass is 35.5. The second-order valence-electron chi connectivity index (χ2n) is 19.4. The van der Waals surface area contributed by atoms with Crippen molar-refractivity contribution in [1.29, 1.82) is 0 Å². The average molecular weight is 941 g/mol. The summed E-state index contributed by atoms with van der Waals surface area (Å²) in [5.74, 6) is -7.18. The average Bonchev–Trinajstić information content (AvgIpc) is 3.48. The number of carboxylic acids is 1. The topological polar surface area (TPSA) is 234 Å². The number of halogens is 1. The molecule has 360 valence electrons. The van der Waals surface area contributed by atoms with Crippen LogP contribution in [-0.2, 0) is 47.5 Å². The largest absolute Gasteiger partial charge is 0.507 e. The fourth-order valence-corrected chi connectivity index (χ4v) is 11.7. The summed E-state index contributed by atoms with van der Waals surface area (Å²) >= 11 is 6.16. The maximum Gasteiger partial charge on any atom is 0.379 e. The minimum Gasteiger partial charge on any atom is -0.507 e. The van der Waals surface area contributed by atoms with Crippen molar-refractivity contribution in [2.45, 2.75) is 160 Å². The summed E-state index contributed by atoms with van der Waals surface area (Å²) in [7, 11) is 0. The van der Waals surface area contributed by atoms with Crippen molar-refractivity contribution < 1.29 is 77.9 Å². The number of aliphatic hydroxyl groups is 3. The van der Waals surface area contributed by atoms with Gasteiger partial charge in [-0.2, -0.15) is 0 Å². The zero-order valence-electron chi connectivity index (χ0n) is 37.8. The number of carbonyl (C=O) groups is 4. The third kappa shape index (κ3) is 8.83. The third-order valence-corrected chi connectivity index (χ3v) is 15.6. The van der Waals surface area contributed by atoms with Crippen LogP contribution in [-0.4, -0.2) is 110 Å². The van der Waals surface area contributed by atoms with Gasteiger partial charge >= 0.3 is 23.9 Å². The first-order valence-corrected chi connectivity index (χ1v) is 23.6. The van der Waals surface area contributed by atoms with Crippen LogP contribution in [0.4, 0.5) is 0 Å². The molecule has 1 spiro atoms. The molecular formula is C49H61ClO16.